The fourth-order valence-electron chi connectivity index (χ4n) is 1.86. The van der Waals surface area contributed by atoms with Gasteiger partial charge in [0.2, 0.25) is 10.0 Å². The highest BCUT2D eigenvalue weighted by molar-refractivity contribution is 7.89. The zero-order valence-corrected chi connectivity index (χ0v) is 12.8. The van der Waals surface area contributed by atoms with E-state index >= 15 is 0 Å². The Labute approximate surface area is 123 Å². The van der Waals surface area contributed by atoms with Crippen molar-refractivity contribution in [2.75, 3.05) is 14.2 Å². The van der Waals surface area contributed by atoms with Crippen molar-refractivity contribution in [2.24, 2.45) is 0 Å². The molecule has 1 atom stereocenters. The van der Waals surface area contributed by atoms with Crippen molar-refractivity contribution >= 4 is 10.0 Å². The average Bonchev–Trinajstić information content (AvgIpc) is 3.00. The smallest absolute Gasteiger partial charge is 0.244 e. The maximum absolute atomic E-state index is 12.5. The molecule has 0 bridgehead atoms. The van der Waals surface area contributed by atoms with Gasteiger partial charge in [-0.25, -0.2) is 13.1 Å². The monoisotopic (exact) mass is 311 g/mol. The van der Waals surface area contributed by atoms with E-state index in [1.807, 2.05) is 0 Å². The Morgan fingerprint density at radius 2 is 2.05 bits per heavy atom. The minimum Gasteiger partial charge on any atom is -0.497 e. The lowest BCUT2D eigenvalue weighted by atomic mass is 10.2. The van der Waals surface area contributed by atoms with Crippen molar-refractivity contribution in [3.05, 3.63) is 36.2 Å². The molecule has 114 valence electrons. The maximum atomic E-state index is 12.5. The second-order valence-corrected chi connectivity index (χ2v) is 6.07. The summed E-state index contributed by atoms with van der Waals surface area (Å²) in [7, 11) is -0.869. The summed E-state index contributed by atoms with van der Waals surface area (Å²) in [5, 5.41) is 6.45. The molecule has 0 aliphatic rings. The van der Waals surface area contributed by atoms with Gasteiger partial charge in [-0.05, 0) is 19.1 Å². The van der Waals surface area contributed by atoms with E-state index in [9.17, 15) is 8.42 Å². The van der Waals surface area contributed by atoms with E-state index in [2.05, 4.69) is 14.9 Å². The fraction of sp³-hybridized carbons (Fsp3) is 0.308. The molecule has 0 aliphatic heterocycles. The second kappa shape index (κ2) is 6.15. The van der Waals surface area contributed by atoms with Crippen LogP contribution in [0.25, 0.3) is 0 Å². The van der Waals surface area contributed by atoms with Gasteiger partial charge in [0.05, 0.1) is 20.4 Å². The minimum atomic E-state index is -3.76. The molecule has 0 spiro atoms. The third kappa shape index (κ3) is 3.34. The van der Waals surface area contributed by atoms with Gasteiger partial charge >= 0.3 is 0 Å². The number of hydrogen-bond acceptors (Lipinski definition) is 5. The van der Waals surface area contributed by atoms with E-state index in [1.165, 1.54) is 20.3 Å². The Kier molecular flexibility index (Phi) is 4.49. The van der Waals surface area contributed by atoms with Crippen LogP contribution in [-0.4, -0.2) is 32.8 Å². The zero-order valence-electron chi connectivity index (χ0n) is 12.0. The summed E-state index contributed by atoms with van der Waals surface area (Å²) in [4.78, 5) is 0.0275. The van der Waals surface area contributed by atoms with Crippen molar-refractivity contribution in [1.82, 2.24) is 14.9 Å². The summed E-state index contributed by atoms with van der Waals surface area (Å²) in [6.07, 6.45) is 3.20. The van der Waals surface area contributed by atoms with E-state index in [0.29, 0.717) is 5.75 Å². The molecule has 0 radical (unpaired) electrons. The van der Waals surface area contributed by atoms with Crippen molar-refractivity contribution in [3.8, 4) is 11.5 Å². The van der Waals surface area contributed by atoms with Gasteiger partial charge < -0.3 is 9.47 Å². The molecule has 8 heteroatoms. The number of hydrogen-bond donors (Lipinski definition) is 2. The van der Waals surface area contributed by atoms with Crippen LogP contribution in [0.3, 0.4) is 0 Å². The molecule has 1 aromatic carbocycles. The van der Waals surface area contributed by atoms with Crippen LogP contribution in [0.2, 0.25) is 0 Å². The van der Waals surface area contributed by atoms with E-state index < -0.39 is 16.1 Å². The quantitative estimate of drug-likeness (QED) is 0.842. The Bertz CT molecular complexity index is 698. The molecule has 2 N–H and O–H groups in total. The first-order chi connectivity index (χ1) is 9.97. The third-order valence-electron chi connectivity index (χ3n) is 3.01. The van der Waals surface area contributed by atoms with Crippen molar-refractivity contribution in [2.45, 2.75) is 17.9 Å². The van der Waals surface area contributed by atoms with E-state index in [4.69, 9.17) is 9.47 Å². The van der Waals surface area contributed by atoms with Crippen LogP contribution in [0.15, 0.2) is 35.5 Å². The Balaban J connectivity index is 2.34. The molecular formula is C13H17N3O4S. The van der Waals surface area contributed by atoms with Crippen LogP contribution in [0.1, 0.15) is 18.5 Å². The number of aromatic nitrogens is 2. The molecule has 2 aromatic rings. The Morgan fingerprint density at radius 1 is 1.29 bits per heavy atom. The number of benzene rings is 1. The Morgan fingerprint density at radius 3 is 2.62 bits per heavy atom. The minimum absolute atomic E-state index is 0.0275. The summed E-state index contributed by atoms with van der Waals surface area (Å²) in [5.41, 5.74) is 0.737. The largest absolute Gasteiger partial charge is 0.497 e. The van der Waals surface area contributed by atoms with Gasteiger partial charge in [0, 0.05) is 23.9 Å². The number of aromatic amines is 1. The van der Waals surface area contributed by atoms with E-state index in [1.54, 1.807) is 31.5 Å². The number of sulfonamides is 1. The molecule has 1 unspecified atom stereocenters. The normalized spacial score (nSPS) is 12.9. The maximum Gasteiger partial charge on any atom is 0.244 e. The number of rotatable bonds is 6. The first-order valence-corrected chi connectivity index (χ1v) is 7.69. The summed E-state index contributed by atoms with van der Waals surface area (Å²) in [5.74, 6) is 0.690. The molecule has 0 fully saturated rings. The summed E-state index contributed by atoms with van der Waals surface area (Å²) < 4.78 is 37.8. The van der Waals surface area contributed by atoms with Crippen LogP contribution in [0.4, 0.5) is 0 Å². The predicted octanol–water partition coefficient (Wildman–Crippen LogP) is 1.47. The molecule has 1 heterocycles. The van der Waals surface area contributed by atoms with Gasteiger partial charge in [0.15, 0.2) is 0 Å². The van der Waals surface area contributed by atoms with Crippen molar-refractivity contribution in [1.29, 1.82) is 0 Å². The standard InChI is InChI=1S/C13H17N3O4S/c1-9(10-7-14-15-8-10)16-21(17,18)13-6-11(19-2)4-5-12(13)20-3/h4-9,16H,1-3H3,(H,14,15). The number of nitrogens with one attached hydrogen (secondary N) is 2. The lowest BCUT2D eigenvalue weighted by Crippen LogP contribution is -2.27. The molecule has 0 saturated heterocycles. The molecule has 7 nitrogen and oxygen atoms in total. The van der Waals surface area contributed by atoms with Crippen LogP contribution in [-0.2, 0) is 10.0 Å². The van der Waals surface area contributed by atoms with Crippen molar-refractivity contribution in [3.63, 3.8) is 0 Å². The second-order valence-electron chi connectivity index (χ2n) is 4.39. The number of nitrogens with zero attached hydrogens (tertiary/aromatic N) is 1. The SMILES string of the molecule is COc1ccc(OC)c(S(=O)(=O)NC(C)c2cn[nH]c2)c1. The first kappa shape index (κ1) is 15.3. The highest BCUT2D eigenvalue weighted by Crippen LogP contribution is 2.29. The summed E-state index contributed by atoms with van der Waals surface area (Å²) in [6, 6.07) is 4.18. The molecule has 0 saturated carbocycles. The van der Waals surface area contributed by atoms with E-state index in [-0.39, 0.29) is 10.6 Å². The van der Waals surface area contributed by atoms with Gasteiger partial charge in [0.25, 0.3) is 0 Å². The zero-order chi connectivity index (χ0) is 15.5. The lowest BCUT2D eigenvalue weighted by Gasteiger charge is -2.15. The molecule has 2 rings (SSSR count). The lowest BCUT2D eigenvalue weighted by molar-refractivity contribution is 0.391. The van der Waals surface area contributed by atoms with Crippen molar-refractivity contribution < 1.29 is 17.9 Å². The highest BCUT2D eigenvalue weighted by atomic mass is 32.2. The van der Waals surface area contributed by atoms with Gasteiger partial charge in [-0.2, -0.15) is 5.10 Å². The Hall–Kier alpha value is -2.06. The molecule has 1 aromatic heterocycles. The first-order valence-electron chi connectivity index (χ1n) is 6.21. The van der Waals surface area contributed by atoms with E-state index in [0.717, 1.165) is 5.56 Å². The van der Waals surface area contributed by atoms with Gasteiger partial charge in [-0.1, -0.05) is 0 Å². The fourth-order valence-corrected chi connectivity index (χ4v) is 3.27. The average molecular weight is 311 g/mol. The van der Waals surface area contributed by atoms with Crippen LogP contribution in [0, 0.1) is 0 Å². The van der Waals surface area contributed by atoms with Gasteiger partial charge in [0.1, 0.15) is 16.4 Å². The molecular weight excluding hydrogens is 294 g/mol. The number of methoxy groups -OCH3 is 2. The third-order valence-corrected chi connectivity index (χ3v) is 4.57. The van der Waals surface area contributed by atoms with Crippen LogP contribution in [0.5, 0.6) is 11.5 Å². The van der Waals surface area contributed by atoms with Gasteiger partial charge in [-0.3, -0.25) is 5.10 Å². The summed E-state index contributed by atoms with van der Waals surface area (Å²) in [6.45, 7) is 1.73. The number of ether oxygens (including phenoxy) is 2. The summed E-state index contributed by atoms with van der Waals surface area (Å²) >= 11 is 0. The molecule has 0 aliphatic carbocycles. The molecule has 21 heavy (non-hydrogen) atoms. The molecule has 0 amide bonds. The predicted molar refractivity (Wildman–Crippen MR) is 76.9 cm³/mol. The number of H-pyrrole nitrogens is 1. The van der Waals surface area contributed by atoms with Crippen LogP contribution < -0.4 is 14.2 Å². The topological polar surface area (TPSA) is 93.3 Å². The highest BCUT2D eigenvalue weighted by Gasteiger charge is 2.23. The van der Waals surface area contributed by atoms with Gasteiger partial charge in [-0.15, -0.1) is 0 Å². The van der Waals surface area contributed by atoms with Crippen LogP contribution >= 0.6 is 0 Å².